The second-order valence-electron chi connectivity index (χ2n) is 8.63. The number of halogens is 1. The molecule has 33 heavy (non-hydrogen) atoms. The van der Waals surface area contributed by atoms with Crippen LogP contribution in [0.4, 0.5) is 4.39 Å². The van der Waals surface area contributed by atoms with Crippen molar-refractivity contribution < 1.29 is 23.8 Å². The predicted octanol–water partition coefficient (Wildman–Crippen LogP) is 6.86. The molecule has 0 saturated carbocycles. The fraction of sp³-hybridized carbons (Fsp3) is 0.321. The van der Waals surface area contributed by atoms with Crippen molar-refractivity contribution in [3.8, 4) is 22.6 Å². The monoisotopic (exact) mass is 450 g/mol. The van der Waals surface area contributed by atoms with Gasteiger partial charge in [-0.3, -0.25) is 4.79 Å². The first kappa shape index (κ1) is 24.3. The van der Waals surface area contributed by atoms with Crippen LogP contribution in [-0.2, 0) is 17.8 Å². The Labute approximate surface area is 195 Å². The van der Waals surface area contributed by atoms with Crippen LogP contribution in [0.15, 0.2) is 60.7 Å². The Morgan fingerprint density at radius 2 is 1.73 bits per heavy atom. The number of aliphatic carboxylic acids is 1. The van der Waals surface area contributed by atoms with E-state index in [-0.39, 0.29) is 18.2 Å². The van der Waals surface area contributed by atoms with Crippen LogP contribution < -0.4 is 9.47 Å². The molecule has 0 aliphatic heterocycles. The van der Waals surface area contributed by atoms with Gasteiger partial charge in [0.1, 0.15) is 23.9 Å². The van der Waals surface area contributed by atoms with Crippen molar-refractivity contribution in [2.75, 3.05) is 7.11 Å². The fourth-order valence-electron chi connectivity index (χ4n) is 3.73. The van der Waals surface area contributed by atoms with Crippen molar-refractivity contribution in [1.82, 2.24) is 0 Å². The van der Waals surface area contributed by atoms with Crippen LogP contribution in [0.25, 0.3) is 11.1 Å². The van der Waals surface area contributed by atoms with Crippen LogP contribution >= 0.6 is 0 Å². The number of hydrogen-bond donors (Lipinski definition) is 1. The van der Waals surface area contributed by atoms with Crippen LogP contribution in [0, 0.1) is 11.7 Å². The predicted molar refractivity (Wildman–Crippen MR) is 128 cm³/mol. The van der Waals surface area contributed by atoms with Gasteiger partial charge in [-0.2, -0.15) is 0 Å². The Balaban J connectivity index is 1.87. The molecule has 0 radical (unpaired) electrons. The minimum absolute atomic E-state index is 0.0855. The second-order valence-corrected chi connectivity index (χ2v) is 8.63. The largest absolute Gasteiger partial charge is 0.497 e. The lowest BCUT2D eigenvalue weighted by molar-refractivity contribution is -0.136. The van der Waals surface area contributed by atoms with Crippen molar-refractivity contribution >= 4 is 5.97 Å². The van der Waals surface area contributed by atoms with Crippen molar-refractivity contribution in [2.45, 2.75) is 46.1 Å². The molecule has 0 saturated heterocycles. The number of hydrogen-bond acceptors (Lipinski definition) is 3. The molecule has 0 amide bonds. The molecule has 1 unspecified atom stereocenters. The van der Waals surface area contributed by atoms with Crippen molar-refractivity contribution in [3.05, 3.63) is 83.2 Å². The van der Waals surface area contributed by atoms with Gasteiger partial charge in [0.25, 0.3) is 0 Å². The van der Waals surface area contributed by atoms with Crippen molar-refractivity contribution in [3.63, 3.8) is 0 Å². The van der Waals surface area contributed by atoms with E-state index in [4.69, 9.17) is 14.6 Å². The molecule has 0 bridgehead atoms. The standard InChI is InChI=1S/C28H31FO4/c1-18(2)19(3)25-15-21(8-11-24(25)26-16-22(32-4)10-12-27(26)29)17-33-23-7-5-6-20(14-23)9-13-28(30)31/h5-8,10-12,14-16,18-19H,9,13,17H2,1-4H3,(H,30,31). The van der Waals surface area contributed by atoms with Gasteiger partial charge in [-0.05, 0) is 70.8 Å². The van der Waals surface area contributed by atoms with E-state index in [0.717, 1.165) is 22.3 Å². The molecule has 1 N–H and O–H groups in total. The van der Waals surface area contributed by atoms with E-state index in [0.29, 0.717) is 36.0 Å². The van der Waals surface area contributed by atoms with E-state index in [1.807, 2.05) is 36.4 Å². The van der Waals surface area contributed by atoms with Crippen LogP contribution in [-0.4, -0.2) is 18.2 Å². The highest BCUT2D eigenvalue weighted by molar-refractivity contribution is 5.70. The zero-order valence-electron chi connectivity index (χ0n) is 19.6. The Morgan fingerprint density at radius 3 is 2.42 bits per heavy atom. The number of carbonyl (C=O) groups is 1. The molecule has 0 aromatic heterocycles. The first-order valence-corrected chi connectivity index (χ1v) is 11.2. The molecule has 0 heterocycles. The lowest BCUT2D eigenvalue weighted by Gasteiger charge is -2.22. The highest BCUT2D eigenvalue weighted by atomic mass is 19.1. The van der Waals surface area contributed by atoms with Gasteiger partial charge in [-0.15, -0.1) is 0 Å². The Morgan fingerprint density at radius 1 is 0.939 bits per heavy atom. The molecule has 5 heteroatoms. The van der Waals surface area contributed by atoms with E-state index >= 15 is 0 Å². The molecule has 1 atom stereocenters. The summed E-state index contributed by atoms with van der Waals surface area (Å²) < 4.78 is 26.0. The highest BCUT2D eigenvalue weighted by Crippen LogP contribution is 2.36. The summed E-state index contributed by atoms with van der Waals surface area (Å²) in [6.45, 7) is 6.82. The summed E-state index contributed by atoms with van der Waals surface area (Å²) in [4.78, 5) is 10.8. The molecule has 0 aliphatic carbocycles. The van der Waals surface area contributed by atoms with Gasteiger partial charge < -0.3 is 14.6 Å². The van der Waals surface area contributed by atoms with E-state index in [2.05, 4.69) is 26.8 Å². The Kier molecular flexibility index (Phi) is 8.10. The lowest BCUT2D eigenvalue weighted by atomic mass is 9.84. The number of carboxylic acid groups (broad SMARTS) is 1. The van der Waals surface area contributed by atoms with Crippen LogP contribution in [0.3, 0.4) is 0 Å². The SMILES string of the molecule is COc1ccc(F)c(-c2ccc(COc3cccc(CCC(=O)O)c3)cc2C(C)C(C)C)c1. The molecule has 0 spiro atoms. The summed E-state index contributed by atoms with van der Waals surface area (Å²) in [6.07, 6.45) is 0.547. The summed E-state index contributed by atoms with van der Waals surface area (Å²) in [5, 5.41) is 8.90. The maximum atomic E-state index is 14.7. The minimum atomic E-state index is -0.819. The van der Waals surface area contributed by atoms with Crippen LogP contribution in [0.5, 0.6) is 11.5 Å². The zero-order valence-corrected chi connectivity index (χ0v) is 19.6. The quantitative estimate of drug-likeness (QED) is 0.367. The Bertz CT molecular complexity index is 1110. The average Bonchev–Trinajstić information content (AvgIpc) is 2.81. The van der Waals surface area contributed by atoms with Gasteiger partial charge in [0.2, 0.25) is 0 Å². The fourth-order valence-corrected chi connectivity index (χ4v) is 3.73. The third kappa shape index (κ3) is 6.35. The number of carboxylic acids is 1. The summed E-state index contributed by atoms with van der Waals surface area (Å²) in [6, 6.07) is 18.3. The summed E-state index contributed by atoms with van der Waals surface area (Å²) in [5.41, 5.74) is 4.35. The molecule has 174 valence electrons. The molecular weight excluding hydrogens is 419 g/mol. The van der Waals surface area contributed by atoms with E-state index in [9.17, 15) is 9.18 Å². The van der Waals surface area contributed by atoms with E-state index in [1.54, 1.807) is 19.2 Å². The average molecular weight is 451 g/mol. The summed E-state index contributed by atoms with van der Waals surface area (Å²) in [7, 11) is 1.58. The maximum absolute atomic E-state index is 14.7. The molecule has 3 rings (SSSR count). The molecule has 4 nitrogen and oxygen atoms in total. The minimum Gasteiger partial charge on any atom is -0.497 e. The topological polar surface area (TPSA) is 55.8 Å². The maximum Gasteiger partial charge on any atom is 0.303 e. The van der Waals surface area contributed by atoms with Gasteiger partial charge in [-0.25, -0.2) is 4.39 Å². The zero-order chi connectivity index (χ0) is 24.0. The summed E-state index contributed by atoms with van der Waals surface area (Å²) in [5.74, 6) is 0.796. The van der Waals surface area contributed by atoms with Crippen LogP contribution in [0.1, 0.15) is 49.8 Å². The first-order valence-electron chi connectivity index (χ1n) is 11.2. The molecule has 0 fully saturated rings. The first-order chi connectivity index (χ1) is 15.8. The summed E-state index contributed by atoms with van der Waals surface area (Å²) >= 11 is 0. The van der Waals surface area contributed by atoms with Gasteiger partial charge in [-0.1, -0.05) is 51.1 Å². The second kappa shape index (κ2) is 11.0. The lowest BCUT2D eigenvalue weighted by Crippen LogP contribution is -2.06. The van der Waals surface area contributed by atoms with E-state index < -0.39 is 5.97 Å². The normalized spacial score (nSPS) is 11.9. The number of benzene rings is 3. The third-order valence-corrected chi connectivity index (χ3v) is 6.00. The molecule has 3 aromatic carbocycles. The number of ether oxygens (including phenoxy) is 2. The number of methoxy groups -OCH3 is 1. The van der Waals surface area contributed by atoms with Gasteiger partial charge in [0.05, 0.1) is 7.11 Å². The van der Waals surface area contributed by atoms with Crippen LogP contribution in [0.2, 0.25) is 0 Å². The molecular formula is C28H31FO4. The molecule has 3 aromatic rings. The third-order valence-electron chi connectivity index (χ3n) is 6.00. The van der Waals surface area contributed by atoms with Crippen molar-refractivity contribution in [1.29, 1.82) is 0 Å². The van der Waals surface area contributed by atoms with Gasteiger partial charge in [0, 0.05) is 12.0 Å². The van der Waals surface area contributed by atoms with Gasteiger partial charge in [0.15, 0.2) is 0 Å². The van der Waals surface area contributed by atoms with Gasteiger partial charge >= 0.3 is 5.97 Å². The highest BCUT2D eigenvalue weighted by Gasteiger charge is 2.19. The van der Waals surface area contributed by atoms with Crippen molar-refractivity contribution in [2.24, 2.45) is 5.92 Å². The smallest absolute Gasteiger partial charge is 0.303 e. The molecule has 0 aliphatic rings. The number of aryl methyl sites for hydroxylation is 1. The Hall–Kier alpha value is -3.34. The number of rotatable bonds is 10. The van der Waals surface area contributed by atoms with E-state index in [1.165, 1.54) is 6.07 Å².